The Kier molecular flexibility index (Phi) is 4.53. The molecule has 1 amide bonds. The van der Waals surface area contributed by atoms with Crippen LogP contribution in [0, 0.1) is 13.8 Å². The standard InChI is InChI=1S/C16H25NO3/c1-11-9-14(13(3)20-11)12(2)17-15(18)10-16(19)7-5-4-6-8-16/h9,12,19H,4-8,10H2,1-3H3,(H,17,18). The van der Waals surface area contributed by atoms with E-state index in [1.54, 1.807) is 0 Å². The highest BCUT2D eigenvalue weighted by Gasteiger charge is 2.32. The molecule has 0 spiro atoms. The van der Waals surface area contributed by atoms with Crippen LogP contribution in [-0.4, -0.2) is 16.6 Å². The second kappa shape index (κ2) is 6.00. The highest BCUT2D eigenvalue weighted by Crippen LogP contribution is 2.31. The highest BCUT2D eigenvalue weighted by atomic mass is 16.3. The van der Waals surface area contributed by atoms with Gasteiger partial charge in [-0.05, 0) is 39.7 Å². The maximum atomic E-state index is 12.1. The first-order valence-electron chi connectivity index (χ1n) is 7.48. The van der Waals surface area contributed by atoms with Crippen LogP contribution >= 0.6 is 0 Å². The van der Waals surface area contributed by atoms with Crippen LogP contribution in [0.15, 0.2) is 10.5 Å². The summed E-state index contributed by atoms with van der Waals surface area (Å²) in [5.74, 6) is 1.61. The van der Waals surface area contributed by atoms with E-state index in [2.05, 4.69) is 5.32 Å². The molecule has 2 rings (SSSR count). The lowest BCUT2D eigenvalue weighted by molar-refractivity contribution is -0.128. The Morgan fingerprint density at radius 1 is 1.40 bits per heavy atom. The third kappa shape index (κ3) is 3.63. The van der Waals surface area contributed by atoms with E-state index >= 15 is 0 Å². The molecular formula is C16H25NO3. The lowest BCUT2D eigenvalue weighted by Gasteiger charge is -2.31. The zero-order valence-corrected chi connectivity index (χ0v) is 12.7. The van der Waals surface area contributed by atoms with Crippen LogP contribution in [0.3, 0.4) is 0 Å². The Morgan fingerprint density at radius 3 is 2.60 bits per heavy atom. The second-order valence-electron chi connectivity index (χ2n) is 6.12. The van der Waals surface area contributed by atoms with Gasteiger partial charge in [-0.1, -0.05) is 19.3 Å². The Labute approximate surface area is 120 Å². The van der Waals surface area contributed by atoms with Crippen molar-refractivity contribution < 1.29 is 14.3 Å². The molecule has 4 heteroatoms. The quantitative estimate of drug-likeness (QED) is 0.890. The van der Waals surface area contributed by atoms with E-state index in [0.29, 0.717) is 0 Å². The number of hydrogen-bond acceptors (Lipinski definition) is 3. The zero-order chi connectivity index (χ0) is 14.8. The van der Waals surface area contributed by atoms with Crippen LogP contribution in [-0.2, 0) is 4.79 Å². The van der Waals surface area contributed by atoms with Crippen LogP contribution in [0.1, 0.15) is 68.6 Å². The molecule has 0 radical (unpaired) electrons. The third-order valence-corrected chi connectivity index (χ3v) is 4.20. The minimum atomic E-state index is -0.802. The molecule has 1 heterocycles. The molecule has 1 atom stereocenters. The van der Waals surface area contributed by atoms with Crippen molar-refractivity contribution in [1.82, 2.24) is 5.32 Å². The third-order valence-electron chi connectivity index (χ3n) is 4.20. The van der Waals surface area contributed by atoms with Gasteiger partial charge in [0.1, 0.15) is 11.5 Å². The smallest absolute Gasteiger partial charge is 0.223 e. The van der Waals surface area contributed by atoms with Gasteiger partial charge in [0.05, 0.1) is 18.1 Å². The molecule has 1 unspecified atom stereocenters. The molecule has 20 heavy (non-hydrogen) atoms. The van der Waals surface area contributed by atoms with Gasteiger partial charge in [-0.25, -0.2) is 0 Å². The first-order valence-corrected chi connectivity index (χ1v) is 7.48. The van der Waals surface area contributed by atoms with Gasteiger partial charge in [0.15, 0.2) is 0 Å². The van der Waals surface area contributed by atoms with E-state index in [0.717, 1.165) is 49.2 Å². The number of furan rings is 1. The van der Waals surface area contributed by atoms with Gasteiger partial charge in [-0.15, -0.1) is 0 Å². The van der Waals surface area contributed by atoms with Crippen LogP contribution < -0.4 is 5.32 Å². The molecule has 4 nitrogen and oxygen atoms in total. The summed E-state index contributed by atoms with van der Waals surface area (Å²) in [5, 5.41) is 13.4. The van der Waals surface area contributed by atoms with Crippen molar-refractivity contribution >= 4 is 5.91 Å². The van der Waals surface area contributed by atoms with E-state index in [9.17, 15) is 9.90 Å². The van der Waals surface area contributed by atoms with Crippen molar-refractivity contribution in [3.8, 4) is 0 Å². The van der Waals surface area contributed by atoms with Crippen molar-refractivity contribution in [1.29, 1.82) is 0 Å². The fraction of sp³-hybridized carbons (Fsp3) is 0.688. The summed E-state index contributed by atoms with van der Waals surface area (Å²) in [6, 6.07) is 1.86. The number of amides is 1. The average molecular weight is 279 g/mol. The lowest BCUT2D eigenvalue weighted by Crippen LogP contribution is -2.39. The molecule has 1 saturated carbocycles. The fourth-order valence-corrected chi connectivity index (χ4v) is 3.14. The van der Waals surface area contributed by atoms with Crippen molar-refractivity contribution in [2.45, 2.75) is 70.9 Å². The number of rotatable bonds is 4. The summed E-state index contributed by atoms with van der Waals surface area (Å²) in [5.41, 5.74) is 0.204. The van der Waals surface area contributed by atoms with E-state index < -0.39 is 5.60 Å². The summed E-state index contributed by atoms with van der Waals surface area (Å²) >= 11 is 0. The maximum Gasteiger partial charge on any atom is 0.223 e. The summed E-state index contributed by atoms with van der Waals surface area (Å²) < 4.78 is 5.49. The Balaban J connectivity index is 1.92. The van der Waals surface area contributed by atoms with Crippen LogP contribution in [0.2, 0.25) is 0 Å². The van der Waals surface area contributed by atoms with E-state index in [4.69, 9.17) is 4.42 Å². The number of aryl methyl sites for hydroxylation is 2. The molecule has 1 aromatic heterocycles. The molecule has 0 bridgehead atoms. The maximum absolute atomic E-state index is 12.1. The first-order chi connectivity index (χ1) is 9.39. The van der Waals surface area contributed by atoms with Crippen molar-refractivity contribution in [2.75, 3.05) is 0 Å². The van der Waals surface area contributed by atoms with Crippen molar-refractivity contribution in [2.24, 2.45) is 0 Å². The minimum absolute atomic E-state index is 0.0832. The predicted octanol–water partition coefficient (Wildman–Crippen LogP) is 3.16. The van der Waals surface area contributed by atoms with Gasteiger partial charge in [0.25, 0.3) is 0 Å². The highest BCUT2D eigenvalue weighted by molar-refractivity contribution is 5.77. The van der Waals surface area contributed by atoms with Crippen LogP contribution in [0.5, 0.6) is 0 Å². The Morgan fingerprint density at radius 2 is 2.05 bits per heavy atom. The normalized spacial score (nSPS) is 19.6. The Bertz CT molecular complexity index is 472. The molecule has 1 aliphatic carbocycles. The summed E-state index contributed by atoms with van der Waals surface area (Å²) in [6.45, 7) is 5.75. The van der Waals surface area contributed by atoms with E-state index in [1.165, 1.54) is 0 Å². The van der Waals surface area contributed by atoms with E-state index in [1.807, 2.05) is 26.8 Å². The van der Waals surface area contributed by atoms with Gasteiger partial charge in [-0.3, -0.25) is 4.79 Å². The SMILES string of the molecule is Cc1cc(C(C)NC(=O)CC2(O)CCCCC2)c(C)o1. The van der Waals surface area contributed by atoms with Gasteiger partial charge in [0, 0.05) is 5.56 Å². The lowest BCUT2D eigenvalue weighted by atomic mass is 9.82. The number of carbonyl (C=O) groups is 1. The molecule has 2 N–H and O–H groups in total. The van der Waals surface area contributed by atoms with Crippen LogP contribution in [0.4, 0.5) is 0 Å². The largest absolute Gasteiger partial charge is 0.466 e. The van der Waals surface area contributed by atoms with Crippen molar-refractivity contribution in [3.63, 3.8) is 0 Å². The predicted molar refractivity (Wildman–Crippen MR) is 77.4 cm³/mol. The fourth-order valence-electron chi connectivity index (χ4n) is 3.14. The molecule has 112 valence electrons. The Hall–Kier alpha value is -1.29. The molecule has 0 aromatic carbocycles. The van der Waals surface area contributed by atoms with Gasteiger partial charge >= 0.3 is 0 Å². The van der Waals surface area contributed by atoms with E-state index in [-0.39, 0.29) is 18.4 Å². The molecule has 1 aromatic rings. The summed E-state index contributed by atoms with van der Waals surface area (Å²) in [4.78, 5) is 12.1. The number of nitrogens with one attached hydrogen (secondary N) is 1. The average Bonchev–Trinajstić information content (AvgIpc) is 2.68. The number of carbonyl (C=O) groups excluding carboxylic acids is 1. The van der Waals surface area contributed by atoms with Gasteiger partial charge in [-0.2, -0.15) is 0 Å². The van der Waals surface area contributed by atoms with Gasteiger partial charge < -0.3 is 14.8 Å². The number of aliphatic hydroxyl groups is 1. The molecule has 0 saturated heterocycles. The second-order valence-corrected chi connectivity index (χ2v) is 6.12. The summed E-state index contributed by atoms with van der Waals surface area (Å²) in [6.07, 6.45) is 4.86. The molecule has 1 aliphatic rings. The van der Waals surface area contributed by atoms with Crippen molar-refractivity contribution in [3.05, 3.63) is 23.2 Å². The summed E-state index contributed by atoms with van der Waals surface area (Å²) in [7, 11) is 0. The first kappa shape index (κ1) is 15.1. The minimum Gasteiger partial charge on any atom is -0.466 e. The molecule has 0 aliphatic heterocycles. The molecular weight excluding hydrogens is 254 g/mol. The molecule has 1 fully saturated rings. The monoisotopic (exact) mass is 279 g/mol. The topological polar surface area (TPSA) is 62.5 Å². The zero-order valence-electron chi connectivity index (χ0n) is 12.7. The van der Waals surface area contributed by atoms with Crippen LogP contribution in [0.25, 0.3) is 0 Å². The van der Waals surface area contributed by atoms with Gasteiger partial charge in [0.2, 0.25) is 5.91 Å². The number of hydrogen-bond donors (Lipinski definition) is 2.